The van der Waals surface area contributed by atoms with E-state index in [-0.39, 0.29) is 11.3 Å². The van der Waals surface area contributed by atoms with Crippen molar-refractivity contribution in [1.29, 1.82) is 0 Å². The van der Waals surface area contributed by atoms with Gasteiger partial charge >= 0.3 is 0 Å². The molecule has 2 rings (SSSR count). The highest BCUT2D eigenvalue weighted by atomic mass is 19.1. The Kier molecular flexibility index (Phi) is 5.22. The van der Waals surface area contributed by atoms with E-state index in [4.69, 9.17) is 4.74 Å². The molecular weight excluding hydrogens is 269 g/mol. The van der Waals surface area contributed by atoms with Gasteiger partial charge in [0.05, 0.1) is 12.6 Å². The van der Waals surface area contributed by atoms with Gasteiger partial charge in [-0.2, -0.15) is 0 Å². The number of methoxy groups -OCH3 is 1. The van der Waals surface area contributed by atoms with Crippen LogP contribution in [0.5, 0.6) is 5.75 Å². The molecule has 3 nitrogen and oxygen atoms in total. The van der Waals surface area contributed by atoms with E-state index in [1.165, 1.54) is 7.11 Å². The standard InChI is InChI=1S/C17H26FNO2/c1-4-19(5-2)17(11-6-7-12-17)16(20)13-9-8-10-14(21-3)15(13)18/h8-10,16,20H,4-7,11-12H2,1-3H3. The fraction of sp³-hybridized carbons (Fsp3) is 0.647. The summed E-state index contributed by atoms with van der Waals surface area (Å²) in [4.78, 5) is 2.28. The molecule has 4 heteroatoms. The van der Waals surface area contributed by atoms with Gasteiger partial charge in [0.2, 0.25) is 0 Å². The predicted molar refractivity (Wildman–Crippen MR) is 82.0 cm³/mol. The molecule has 0 amide bonds. The van der Waals surface area contributed by atoms with Crippen LogP contribution in [0.2, 0.25) is 0 Å². The van der Waals surface area contributed by atoms with E-state index >= 15 is 0 Å². The SMILES string of the molecule is CCN(CC)C1(C(O)c2cccc(OC)c2F)CCCC1. The van der Waals surface area contributed by atoms with Gasteiger partial charge in [-0.05, 0) is 32.0 Å². The number of ether oxygens (including phenoxy) is 1. The van der Waals surface area contributed by atoms with Crippen molar-refractivity contribution < 1.29 is 14.2 Å². The van der Waals surface area contributed by atoms with Crippen LogP contribution in [-0.2, 0) is 0 Å². The number of hydrogen-bond acceptors (Lipinski definition) is 3. The van der Waals surface area contributed by atoms with Gasteiger partial charge in [-0.25, -0.2) is 4.39 Å². The second kappa shape index (κ2) is 6.75. The molecule has 1 unspecified atom stereocenters. The third kappa shape index (κ3) is 2.79. The van der Waals surface area contributed by atoms with Crippen LogP contribution in [0, 0.1) is 5.82 Å². The maximum Gasteiger partial charge on any atom is 0.170 e. The van der Waals surface area contributed by atoms with Crippen molar-refractivity contribution in [3.63, 3.8) is 0 Å². The zero-order chi connectivity index (χ0) is 15.5. The molecule has 1 N–H and O–H groups in total. The van der Waals surface area contributed by atoms with Crippen molar-refractivity contribution in [2.45, 2.75) is 51.2 Å². The summed E-state index contributed by atoms with van der Waals surface area (Å²) in [6.45, 7) is 5.91. The first-order valence-electron chi connectivity index (χ1n) is 7.86. The van der Waals surface area contributed by atoms with E-state index in [0.717, 1.165) is 38.8 Å². The molecule has 21 heavy (non-hydrogen) atoms. The fourth-order valence-electron chi connectivity index (χ4n) is 3.79. The number of aliphatic hydroxyl groups excluding tert-OH is 1. The van der Waals surface area contributed by atoms with Gasteiger partial charge in [0.25, 0.3) is 0 Å². The molecule has 0 saturated heterocycles. The molecule has 0 aliphatic heterocycles. The summed E-state index contributed by atoms with van der Waals surface area (Å²) < 4.78 is 19.6. The Morgan fingerprint density at radius 1 is 1.29 bits per heavy atom. The van der Waals surface area contributed by atoms with Crippen LogP contribution in [0.1, 0.15) is 51.2 Å². The highest BCUT2D eigenvalue weighted by Crippen LogP contribution is 2.45. The molecule has 1 aromatic carbocycles. The molecule has 1 aliphatic rings. The molecule has 1 fully saturated rings. The average Bonchev–Trinajstić information content (AvgIpc) is 2.99. The third-order valence-electron chi connectivity index (χ3n) is 4.88. The van der Waals surface area contributed by atoms with Crippen LogP contribution in [-0.4, -0.2) is 35.7 Å². The van der Waals surface area contributed by atoms with E-state index < -0.39 is 11.9 Å². The molecule has 1 aliphatic carbocycles. The summed E-state index contributed by atoms with van der Waals surface area (Å²) >= 11 is 0. The van der Waals surface area contributed by atoms with Gasteiger partial charge in [-0.3, -0.25) is 4.90 Å². The van der Waals surface area contributed by atoms with Crippen LogP contribution in [0.3, 0.4) is 0 Å². The van der Waals surface area contributed by atoms with Crippen molar-refractivity contribution in [2.24, 2.45) is 0 Å². The van der Waals surface area contributed by atoms with E-state index in [0.29, 0.717) is 5.56 Å². The lowest BCUT2D eigenvalue weighted by Crippen LogP contribution is -2.51. The van der Waals surface area contributed by atoms with Crippen molar-refractivity contribution in [3.05, 3.63) is 29.6 Å². The molecule has 0 spiro atoms. The maximum atomic E-state index is 14.5. The number of hydrogen-bond donors (Lipinski definition) is 1. The van der Waals surface area contributed by atoms with Crippen molar-refractivity contribution >= 4 is 0 Å². The summed E-state index contributed by atoms with van der Waals surface area (Å²) in [7, 11) is 1.45. The molecule has 1 saturated carbocycles. The molecule has 1 aromatic rings. The quantitative estimate of drug-likeness (QED) is 0.871. The predicted octanol–water partition coefficient (Wildman–Crippen LogP) is 3.52. The molecule has 0 heterocycles. The van der Waals surface area contributed by atoms with E-state index in [9.17, 15) is 9.50 Å². The Morgan fingerprint density at radius 2 is 1.90 bits per heavy atom. The van der Waals surface area contributed by atoms with E-state index in [1.54, 1.807) is 18.2 Å². The smallest absolute Gasteiger partial charge is 0.170 e. The highest BCUT2D eigenvalue weighted by Gasteiger charge is 2.45. The van der Waals surface area contributed by atoms with Gasteiger partial charge in [0, 0.05) is 5.56 Å². The summed E-state index contributed by atoms with van der Waals surface area (Å²) in [5, 5.41) is 11.0. The molecule has 0 bridgehead atoms. The fourth-order valence-corrected chi connectivity index (χ4v) is 3.79. The third-order valence-corrected chi connectivity index (χ3v) is 4.88. The summed E-state index contributed by atoms with van der Waals surface area (Å²) in [5.74, 6) is -0.245. The van der Waals surface area contributed by atoms with Gasteiger partial charge in [-0.1, -0.05) is 38.8 Å². The minimum Gasteiger partial charge on any atom is -0.494 e. The lowest BCUT2D eigenvalue weighted by molar-refractivity contribution is -0.0287. The Hall–Kier alpha value is -1.13. The van der Waals surface area contributed by atoms with Crippen LogP contribution in [0.4, 0.5) is 4.39 Å². The Bertz CT molecular complexity index is 468. The molecular formula is C17H26FNO2. The van der Waals surface area contributed by atoms with Crippen LogP contribution in [0.15, 0.2) is 18.2 Å². The van der Waals surface area contributed by atoms with Crippen LogP contribution >= 0.6 is 0 Å². The Balaban J connectivity index is 2.42. The zero-order valence-corrected chi connectivity index (χ0v) is 13.2. The van der Waals surface area contributed by atoms with Gasteiger partial charge in [-0.15, -0.1) is 0 Å². The first kappa shape index (κ1) is 16.2. The Morgan fingerprint density at radius 3 is 2.43 bits per heavy atom. The van der Waals surface area contributed by atoms with Gasteiger partial charge < -0.3 is 9.84 Å². The number of likely N-dealkylation sites (N-methyl/N-ethyl adjacent to an activating group) is 1. The molecule has 118 valence electrons. The normalized spacial score (nSPS) is 19.0. The summed E-state index contributed by atoms with van der Waals surface area (Å²) in [5.41, 5.74) is -0.000352. The topological polar surface area (TPSA) is 32.7 Å². The van der Waals surface area contributed by atoms with Crippen molar-refractivity contribution in [3.8, 4) is 5.75 Å². The van der Waals surface area contributed by atoms with Crippen molar-refractivity contribution in [2.75, 3.05) is 20.2 Å². The summed E-state index contributed by atoms with van der Waals surface area (Å²) in [6, 6.07) is 5.00. The van der Waals surface area contributed by atoms with Crippen LogP contribution < -0.4 is 4.74 Å². The zero-order valence-electron chi connectivity index (χ0n) is 13.2. The second-order valence-corrected chi connectivity index (χ2v) is 5.75. The lowest BCUT2D eigenvalue weighted by atomic mass is 9.83. The molecule has 0 radical (unpaired) electrons. The number of aliphatic hydroxyl groups is 1. The van der Waals surface area contributed by atoms with E-state index in [1.807, 2.05) is 0 Å². The molecule has 0 aromatic heterocycles. The second-order valence-electron chi connectivity index (χ2n) is 5.75. The van der Waals surface area contributed by atoms with E-state index in [2.05, 4.69) is 18.7 Å². The number of nitrogens with zero attached hydrogens (tertiary/aromatic N) is 1. The number of benzene rings is 1. The first-order chi connectivity index (χ1) is 10.1. The highest BCUT2D eigenvalue weighted by molar-refractivity contribution is 5.34. The first-order valence-corrected chi connectivity index (χ1v) is 7.86. The summed E-state index contributed by atoms with van der Waals surface area (Å²) in [6.07, 6.45) is 3.16. The van der Waals surface area contributed by atoms with Gasteiger partial charge in [0.1, 0.15) is 6.10 Å². The average molecular weight is 295 g/mol. The van der Waals surface area contributed by atoms with Gasteiger partial charge in [0.15, 0.2) is 11.6 Å². The minimum absolute atomic E-state index is 0.194. The minimum atomic E-state index is -0.824. The number of halogens is 1. The largest absolute Gasteiger partial charge is 0.494 e. The number of rotatable bonds is 6. The van der Waals surface area contributed by atoms with Crippen LogP contribution in [0.25, 0.3) is 0 Å². The maximum absolute atomic E-state index is 14.5. The lowest BCUT2D eigenvalue weighted by Gasteiger charge is -2.44. The Labute approximate surface area is 126 Å². The van der Waals surface area contributed by atoms with Crippen molar-refractivity contribution in [1.82, 2.24) is 4.90 Å². The monoisotopic (exact) mass is 295 g/mol. The molecule has 1 atom stereocenters.